The van der Waals surface area contributed by atoms with Gasteiger partial charge in [0.2, 0.25) is 5.91 Å². The molecule has 10 heavy (non-hydrogen) atoms. The molecular weight excluding hydrogens is 152 g/mol. The van der Waals surface area contributed by atoms with Crippen LogP contribution in [0.3, 0.4) is 0 Å². The van der Waals surface area contributed by atoms with E-state index in [1.807, 2.05) is 6.92 Å². The second-order valence-corrected chi connectivity index (χ2v) is 2.47. The van der Waals surface area contributed by atoms with E-state index in [0.29, 0.717) is 6.42 Å². The van der Waals surface area contributed by atoms with Gasteiger partial charge in [0.15, 0.2) is 0 Å². The van der Waals surface area contributed by atoms with Gasteiger partial charge in [0.25, 0.3) is 0 Å². The minimum Gasteiger partial charge on any atom is -0.349 e. The van der Waals surface area contributed by atoms with E-state index in [1.54, 1.807) is 19.0 Å². The molecule has 0 aliphatic heterocycles. The molecule has 0 fully saturated rings. The van der Waals surface area contributed by atoms with E-state index in [1.165, 1.54) is 0 Å². The number of halogens is 1. The first-order chi connectivity index (χ1) is 4.04. The van der Waals surface area contributed by atoms with Gasteiger partial charge in [-0.1, -0.05) is 0 Å². The zero-order valence-electron chi connectivity index (χ0n) is 6.63. The average molecular weight is 167 g/mol. The number of amides is 1. The highest BCUT2D eigenvalue weighted by atomic mass is 35.5. The maximum absolute atomic E-state index is 10.8. The lowest BCUT2D eigenvalue weighted by Gasteiger charge is -2.11. The number of rotatable bonds is 2. The molecule has 0 spiro atoms. The standard InChI is InChI=1S/C6H14N2O.ClH/c1-5(7)4-6(9)8(2)3;/h5H,4,7H2,1-3H3;1H. The van der Waals surface area contributed by atoms with Gasteiger partial charge in [-0.25, -0.2) is 0 Å². The Morgan fingerprint density at radius 1 is 1.60 bits per heavy atom. The molecule has 0 rings (SSSR count). The minimum atomic E-state index is -0.0279. The van der Waals surface area contributed by atoms with Crippen molar-refractivity contribution < 1.29 is 4.79 Å². The molecule has 0 aromatic rings. The molecule has 2 N–H and O–H groups in total. The van der Waals surface area contributed by atoms with Crippen molar-refractivity contribution in [3.63, 3.8) is 0 Å². The predicted octanol–water partition coefficient (Wildman–Crippen LogP) is 0.234. The topological polar surface area (TPSA) is 46.3 Å². The van der Waals surface area contributed by atoms with Crippen molar-refractivity contribution in [2.24, 2.45) is 5.73 Å². The Morgan fingerprint density at radius 2 is 2.00 bits per heavy atom. The smallest absolute Gasteiger partial charge is 0.223 e. The summed E-state index contributed by atoms with van der Waals surface area (Å²) in [4.78, 5) is 12.3. The number of carbonyl (C=O) groups is 1. The molecule has 1 amide bonds. The van der Waals surface area contributed by atoms with E-state index in [9.17, 15) is 4.79 Å². The van der Waals surface area contributed by atoms with Crippen molar-refractivity contribution in [1.82, 2.24) is 4.90 Å². The monoisotopic (exact) mass is 166 g/mol. The Bertz CT molecular complexity index is 104. The summed E-state index contributed by atoms with van der Waals surface area (Å²) in [5.74, 6) is 0.0880. The van der Waals surface area contributed by atoms with E-state index in [2.05, 4.69) is 0 Å². The maximum Gasteiger partial charge on any atom is 0.223 e. The predicted molar refractivity (Wildman–Crippen MR) is 44.2 cm³/mol. The Kier molecular flexibility index (Phi) is 6.82. The summed E-state index contributed by atoms with van der Waals surface area (Å²) in [6.07, 6.45) is 0.438. The van der Waals surface area contributed by atoms with Gasteiger partial charge in [-0.05, 0) is 6.92 Å². The molecule has 0 saturated heterocycles. The Balaban J connectivity index is 0. The van der Waals surface area contributed by atoms with Crippen molar-refractivity contribution in [2.75, 3.05) is 14.1 Å². The number of hydrogen-bond acceptors (Lipinski definition) is 2. The van der Waals surface area contributed by atoms with Gasteiger partial charge in [0.1, 0.15) is 0 Å². The van der Waals surface area contributed by atoms with Crippen LogP contribution in [0.1, 0.15) is 13.3 Å². The zero-order valence-corrected chi connectivity index (χ0v) is 7.44. The first kappa shape index (κ1) is 12.4. The molecule has 0 heterocycles. The van der Waals surface area contributed by atoms with Crippen molar-refractivity contribution >= 4 is 18.3 Å². The van der Waals surface area contributed by atoms with E-state index < -0.39 is 0 Å². The third-order valence-electron chi connectivity index (χ3n) is 0.995. The summed E-state index contributed by atoms with van der Waals surface area (Å²) in [7, 11) is 3.45. The van der Waals surface area contributed by atoms with Crippen molar-refractivity contribution in [3.8, 4) is 0 Å². The van der Waals surface area contributed by atoms with Gasteiger partial charge < -0.3 is 10.6 Å². The van der Waals surface area contributed by atoms with Crippen LogP contribution in [0.25, 0.3) is 0 Å². The Morgan fingerprint density at radius 3 is 2.10 bits per heavy atom. The zero-order chi connectivity index (χ0) is 7.44. The van der Waals surface area contributed by atoms with E-state index in [0.717, 1.165) is 0 Å². The van der Waals surface area contributed by atoms with Crippen LogP contribution in [0.4, 0.5) is 0 Å². The van der Waals surface area contributed by atoms with E-state index >= 15 is 0 Å². The summed E-state index contributed by atoms with van der Waals surface area (Å²) < 4.78 is 0. The summed E-state index contributed by atoms with van der Waals surface area (Å²) in [6.45, 7) is 1.82. The molecule has 0 aromatic carbocycles. The van der Waals surface area contributed by atoms with Gasteiger partial charge in [-0.15, -0.1) is 12.4 Å². The van der Waals surface area contributed by atoms with Gasteiger partial charge in [-0.3, -0.25) is 4.79 Å². The summed E-state index contributed by atoms with van der Waals surface area (Å²) in [5.41, 5.74) is 5.38. The SMILES string of the molecule is CC(N)CC(=O)N(C)C.Cl. The van der Waals surface area contributed by atoms with Crippen molar-refractivity contribution in [3.05, 3.63) is 0 Å². The molecule has 0 saturated carbocycles. The highest BCUT2D eigenvalue weighted by Crippen LogP contribution is 1.89. The summed E-state index contributed by atoms with van der Waals surface area (Å²) in [6, 6.07) is -0.0279. The summed E-state index contributed by atoms with van der Waals surface area (Å²) >= 11 is 0. The third-order valence-corrected chi connectivity index (χ3v) is 0.995. The lowest BCUT2D eigenvalue weighted by atomic mass is 10.2. The quantitative estimate of drug-likeness (QED) is 0.639. The normalized spacial score (nSPS) is 11.6. The first-order valence-electron chi connectivity index (χ1n) is 2.99. The van der Waals surface area contributed by atoms with Gasteiger partial charge >= 0.3 is 0 Å². The lowest BCUT2D eigenvalue weighted by Crippen LogP contribution is -2.28. The fourth-order valence-corrected chi connectivity index (χ4v) is 0.458. The molecular formula is C6H15ClN2O. The molecule has 1 atom stereocenters. The highest BCUT2D eigenvalue weighted by Gasteiger charge is 2.05. The Hall–Kier alpha value is -0.280. The molecule has 0 radical (unpaired) electrons. The van der Waals surface area contributed by atoms with Crippen LogP contribution in [0.2, 0.25) is 0 Å². The first-order valence-corrected chi connectivity index (χ1v) is 2.99. The summed E-state index contributed by atoms with van der Waals surface area (Å²) in [5, 5.41) is 0. The third kappa shape index (κ3) is 5.85. The molecule has 0 aliphatic rings. The fourth-order valence-electron chi connectivity index (χ4n) is 0.458. The average Bonchev–Trinajstić information content (AvgIpc) is 1.63. The minimum absolute atomic E-state index is 0. The van der Waals surface area contributed by atoms with Gasteiger partial charge in [0.05, 0.1) is 0 Å². The van der Waals surface area contributed by atoms with Crippen LogP contribution in [0.5, 0.6) is 0 Å². The maximum atomic E-state index is 10.8. The molecule has 1 unspecified atom stereocenters. The highest BCUT2D eigenvalue weighted by molar-refractivity contribution is 5.85. The second kappa shape index (κ2) is 5.50. The van der Waals surface area contributed by atoms with E-state index in [4.69, 9.17) is 5.73 Å². The van der Waals surface area contributed by atoms with Crippen molar-refractivity contribution in [2.45, 2.75) is 19.4 Å². The Labute approximate surface area is 68.0 Å². The van der Waals surface area contributed by atoms with Crippen LogP contribution in [-0.4, -0.2) is 30.9 Å². The van der Waals surface area contributed by atoms with Crippen LogP contribution >= 0.6 is 12.4 Å². The van der Waals surface area contributed by atoms with E-state index in [-0.39, 0.29) is 24.4 Å². The number of nitrogens with zero attached hydrogens (tertiary/aromatic N) is 1. The van der Waals surface area contributed by atoms with Gasteiger partial charge in [-0.2, -0.15) is 0 Å². The molecule has 3 nitrogen and oxygen atoms in total. The molecule has 4 heteroatoms. The van der Waals surface area contributed by atoms with Gasteiger partial charge in [0, 0.05) is 26.6 Å². The molecule has 0 aliphatic carbocycles. The molecule has 0 aromatic heterocycles. The molecule has 0 bridgehead atoms. The second-order valence-electron chi connectivity index (χ2n) is 2.47. The number of carbonyl (C=O) groups excluding carboxylic acids is 1. The molecule has 62 valence electrons. The van der Waals surface area contributed by atoms with Crippen LogP contribution in [0.15, 0.2) is 0 Å². The van der Waals surface area contributed by atoms with Crippen LogP contribution in [-0.2, 0) is 4.79 Å². The largest absolute Gasteiger partial charge is 0.349 e. The lowest BCUT2D eigenvalue weighted by molar-refractivity contribution is -0.128. The number of nitrogens with two attached hydrogens (primary N) is 1. The van der Waals surface area contributed by atoms with Crippen LogP contribution in [0, 0.1) is 0 Å². The number of hydrogen-bond donors (Lipinski definition) is 1. The van der Waals surface area contributed by atoms with Crippen LogP contribution < -0.4 is 5.73 Å². The fraction of sp³-hybridized carbons (Fsp3) is 0.833. The van der Waals surface area contributed by atoms with Crippen molar-refractivity contribution in [1.29, 1.82) is 0 Å².